The van der Waals surface area contributed by atoms with Crippen LogP contribution in [-0.2, 0) is 0 Å². The fraction of sp³-hybridized carbons (Fsp3) is 0.583. The summed E-state index contributed by atoms with van der Waals surface area (Å²) in [6.45, 7) is 6.25. The number of piperidine rings is 1. The summed E-state index contributed by atoms with van der Waals surface area (Å²) >= 11 is 0. The zero-order valence-electron chi connectivity index (χ0n) is 9.36. The van der Waals surface area contributed by atoms with Crippen molar-refractivity contribution in [2.24, 2.45) is 5.92 Å². The molecule has 0 aliphatic carbocycles. The Morgan fingerprint density at radius 3 is 3.07 bits per heavy atom. The summed E-state index contributed by atoms with van der Waals surface area (Å²) in [6, 6.07) is 5.89. The van der Waals surface area contributed by atoms with Crippen molar-refractivity contribution in [1.29, 1.82) is 0 Å². The maximum atomic E-state index is 5.87. The molecule has 1 aliphatic heterocycles. The number of aromatic nitrogens is 1. The second kappa shape index (κ2) is 4.62. The van der Waals surface area contributed by atoms with E-state index in [9.17, 15) is 0 Å². The molecule has 2 rings (SSSR count). The van der Waals surface area contributed by atoms with Crippen molar-refractivity contribution in [3.63, 3.8) is 0 Å². The van der Waals surface area contributed by atoms with Gasteiger partial charge in [0.25, 0.3) is 0 Å². The number of nitrogens with one attached hydrogen (secondary N) is 1. The highest BCUT2D eigenvalue weighted by molar-refractivity contribution is 5.15. The molecule has 0 radical (unpaired) electrons. The Balaban J connectivity index is 2.01. The maximum Gasteiger partial charge on any atom is 0.213 e. The number of hydrogen-bond donors (Lipinski definition) is 1. The second-order valence-corrected chi connectivity index (χ2v) is 4.24. The van der Waals surface area contributed by atoms with Gasteiger partial charge in [-0.15, -0.1) is 0 Å². The van der Waals surface area contributed by atoms with Gasteiger partial charge in [-0.05, 0) is 31.9 Å². The summed E-state index contributed by atoms with van der Waals surface area (Å²) in [7, 11) is 0. The third kappa shape index (κ3) is 2.69. The number of rotatable bonds is 2. The molecule has 1 aliphatic rings. The van der Waals surface area contributed by atoms with Gasteiger partial charge in [0, 0.05) is 18.3 Å². The first-order chi connectivity index (χ1) is 7.25. The largest absolute Gasteiger partial charge is 0.473 e. The van der Waals surface area contributed by atoms with Crippen LogP contribution in [0.25, 0.3) is 0 Å². The van der Waals surface area contributed by atoms with Gasteiger partial charge in [-0.25, -0.2) is 4.98 Å². The van der Waals surface area contributed by atoms with Crippen molar-refractivity contribution in [1.82, 2.24) is 10.3 Å². The molecule has 2 atom stereocenters. The van der Waals surface area contributed by atoms with Gasteiger partial charge in [-0.3, -0.25) is 0 Å². The van der Waals surface area contributed by atoms with Crippen LogP contribution in [0.5, 0.6) is 5.88 Å². The number of aryl methyl sites for hydroxylation is 1. The van der Waals surface area contributed by atoms with Gasteiger partial charge >= 0.3 is 0 Å². The number of pyridine rings is 1. The van der Waals surface area contributed by atoms with E-state index in [0.717, 1.165) is 24.7 Å². The Morgan fingerprint density at radius 2 is 2.33 bits per heavy atom. The van der Waals surface area contributed by atoms with Crippen LogP contribution in [0.2, 0.25) is 0 Å². The Bertz CT molecular complexity index is 327. The van der Waals surface area contributed by atoms with Crippen molar-refractivity contribution >= 4 is 0 Å². The van der Waals surface area contributed by atoms with E-state index in [1.54, 1.807) is 0 Å². The molecular formula is C12H18N2O. The highest BCUT2D eigenvalue weighted by Gasteiger charge is 2.22. The van der Waals surface area contributed by atoms with E-state index in [1.165, 1.54) is 6.42 Å². The normalized spacial score (nSPS) is 26.3. The molecule has 1 aromatic heterocycles. The molecule has 2 heterocycles. The van der Waals surface area contributed by atoms with Crippen molar-refractivity contribution < 1.29 is 4.74 Å². The molecule has 1 N–H and O–H groups in total. The highest BCUT2D eigenvalue weighted by Crippen LogP contribution is 2.18. The van der Waals surface area contributed by atoms with Crippen molar-refractivity contribution in [3.05, 3.63) is 23.9 Å². The molecule has 0 spiro atoms. The summed E-state index contributed by atoms with van der Waals surface area (Å²) in [4.78, 5) is 4.35. The number of hydrogen-bond acceptors (Lipinski definition) is 3. The van der Waals surface area contributed by atoms with Crippen molar-refractivity contribution in [2.75, 3.05) is 13.1 Å². The minimum absolute atomic E-state index is 0.257. The van der Waals surface area contributed by atoms with Gasteiger partial charge in [0.05, 0.1) is 0 Å². The maximum absolute atomic E-state index is 5.87. The lowest BCUT2D eigenvalue weighted by atomic mass is 9.97. The smallest absolute Gasteiger partial charge is 0.213 e. The SMILES string of the molecule is Cc1cccc(OC2CNCCC2C)n1. The second-order valence-electron chi connectivity index (χ2n) is 4.24. The van der Waals surface area contributed by atoms with Crippen molar-refractivity contribution in [2.45, 2.75) is 26.4 Å². The van der Waals surface area contributed by atoms with Crippen LogP contribution in [0.3, 0.4) is 0 Å². The summed E-state index contributed by atoms with van der Waals surface area (Å²) in [5, 5.41) is 3.35. The molecule has 3 heteroatoms. The van der Waals surface area contributed by atoms with Gasteiger partial charge in [0.1, 0.15) is 6.10 Å². The molecule has 1 saturated heterocycles. The molecule has 1 fully saturated rings. The first-order valence-corrected chi connectivity index (χ1v) is 5.57. The molecule has 0 bridgehead atoms. The molecule has 2 unspecified atom stereocenters. The molecule has 15 heavy (non-hydrogen) atoms. The van der Waals surface area contributed by atoms with E-state index in [-0.39, 0.29) is 6.10 Å². The quantitative estimate of drug-likeness (QED) is 0.800. The Morgan fingerprint density at radius 1 is 1.47 bits per heavy atom. The average molecular weight is 206 g/mol. The van der Waals surface area contributed by atoms with E-state index in [1.807, 2.05) is 25.1 Å². The third-order valence-corrected chi connectivity index (χ3v) is 2.89. The first-order valence-electron chi connectivity index (χ1n) is 5.57. The molecule has 3 nitrogen and oxygen atoms in total. The van der Waals surface area contributed by atoms with Crippen LogP contribution >= 0.6 is 0 Å². The fourth-order valence-electron chi connectivity index (χ4n) is 1.86. The van der Waals surface area contributed by atoms with E-state index in [2.05, 4.69) is 17.2 Å². The van der Waals surface area contributed by atoms with E-state index >= 15 is 0 Å². The van der Waals surface area contributed by atoms with Crippen LogP contribution in [0, 0.1) is 12.8 Å². The van der Waals surface area contributed by atoms with Crippen LogP contribution in [0.15, 0.2) is 18.2 Å². The monoisotopic (exact) mass is 206 g/mol. The van der Waals surface area contributed by atoms with Gasteiger partial charge in [0.2, 0.25) is 5.88 Å². The fourth-order valence-corrected chi connectivity index (χ4v) is 1.86. The first kappa shape index (κ1) is 10.4. The molecule has 0 aromatic carbocycles. The van der Waals surface area contributed by atoms with E-state index in [4.69, 9.17) is 4.74 Å². The summed E-state index contributed by atoms with van der Waals surface area (Å²) in [5.74, 6) is 1.35. The van der Waals surface area contributed by atoms with Gasteiger partial charge in [-0.1, -0.05) is 13.0 Å². The average Bonchev–Trinajstić information content (AvgIpc) is 2.22. The Kier molecular flexibility index (Phi) is 3.21. The number of ether oxygens (including phenoxy) is 1. The molecule has 0 saturated carbocycles. The lowest BCUT2D eigenvalue weighted by Gasteiger charge is -2.29. The van der Waals surface area contributed by atoms with E-state index in [0.29, 0.717) is 5.92 Å². The Hall–Kier alpha value is -1.09. The molecule has 1 aromatic rings. The summed E-state index contributed by atoms with van der Waals surface area (Å²) < 4.78 is 5.87. The third-order valence-electron chi connectivity index (χ3n) is 2.89. The minimum Gasteiger partial charge on any atom is -0.473 e. The summed E-state index contributed by atoms with van der Waals surface area (Å²) in [6.07, 6.45) is 1.43. The Labute approximate surface area is 90.9 Å². The van der Waals surface area contributed by atoms with Crippen LogP contribution in [0.1, 0.15) is 19.0 Å². The minimum atomic E-state index is 0.257. The molecule has 0 amide bonds. The number of nitrogens with zero attached hydrogens (tertiary/aromatic N) is 1. The predicted octanol–water partition coefficient (Wildman–Crippen LogP) is 1.77. The zero-order valence-corrected chi connectivity index (χ0v) is 9.36. The van der Waals surface area contributed by atoms with Gasteiger partial charge in [-0.2, -0.15) is 0 Å². The zero-order chi connectivity index (χ0) is 10.7. The van der Waals surface area contributed by atoms with Crippen molar-refractivity contribution in [3.8, 4) is 5.88 Å². The molecular weight excluding hydrogens is 188 g/mol. The topological polar surface area (TPSA) is 34.1 Å². The lowest BCUT2D eigenvalue weighted by molar-refractivity contribution is 0.109. The van der Waals surface area contributed by atoms with Gasteiger partial charge in [0.15, 0.2) is 0 Å². The molecule has 82 valence electrons. The lowest BCUT2D eigenvalue weighted by Crippen LogP contribution is -2.42. The van der Waals surface area contributed by atoms with E-state index < -0.39 is 0 Å². The highest BCUT2D eigenvalue weighted by atomic mass is 16.5. The van der Waals surface area contributed by atoms with Crippen LogP contribution in [-0.4, -0.2) is 24.2 Å². The van der Waals surface area contributed by atoms with Gasteiger partial charge < -0.3 is 10.1 Å². The standard InChI is InChI=1S/C12H18N2O/c1-9-6-7-13-8-11(9)15-12-5-3-4-10(2)14-12/h3-5,9,11,13H,6-8H2,1-2H3. The predicted molar refractivity (Wildman–Crippen MR) is 60.0 cm³/mol. The van der Waals surface area contributed by atoms with Crippen LogP contribution in [0.4, 0.5) is 0 Å². The summed E-state index contributed by atoms with van der Waals surface area (Å²) in [5.41, 5.74) is 1.00. The van der Waals surface area contributed by atoms with Crippen LogP contribution < -0.4 is 10.1 Å².